The summed E-state index contributed by atoms with van der Waals surface area (Å²) in [5, 5.41) is 0. The summed E-state index contributed by atoms with van der Waals surface area (Å²) in [6.45, 7) is 0. The molecule has 90 valence electrons. The zero-order chi connectivity index (χ0) is 12.8. The number of esters is 1. The zero-order valence-corrected chi connectivity index (χ0v) is 11.1. The lowest BCUT2D eigenvalue weighted by molar-refractivity contribution is 0.0735. The number of ether oxygens (including phenoxy) is 1. The standard InChI is InChI=1S/C15H11BrO2/c16-11-10-12-6-8-14(9-7-12)18-15(17)13-4-2-1-3-5-13/h1-11H/b11-10+. The first-order valence-corrected chi connectivity index (χ1v) is 6.35. The normalized spacial score (nSPS) is 10.5. The van der Waals surface area contributed by atoms with Crippen LogP contribution in [0.2, 0.25) is 0 Å². The topological polar surface area (TPSA) is 26.3 Å². The quantitative estimate of drug-likeness (QED) is 0.625. The molecule has 18 heavy (non-hydrogen) atoms. The van der Waals surface area contributed by atoms with Crippen molar-refractivity contribution in [3.63, 3.8) is 0 Å². The monoisotopic (exact) mass is 302 g/mol. The van der Waals surface area contributed by atoms with Crippen LogP contribution < -0.4 is 4.74 Å². The van der Waals surface area contributed by atoms with Crippen molar-refractivity contribution < 1.29 is 9.53 Å². The van der Waals surface area contributed by atoms with Crippen LogP contribution in [0.5, 0.6) is 5.75 Å². The second kappa shape index (κ2) is 6.17. The summed E-state index contributed by atoms with van der Waals surface area (Å²) in [5.41, 5.74) is 1.58. The minimum Gasteiger partial charge on any atom is -0.423 e. The summed E-state index contributed by atoms with van der Waals surface area (Å²) in [6.07, 6.45) is 1.91. The lowest BCUT2D eigenvalue weighted by Gasteiger charge is -2.04. The van der Waals surface area contributed by atoms with Gasteiger partial charge < -0.3 is 4.74 Å². The highest BCUT2D eigenvalue weighted by molar-refractivity contribution is 9.11. The van der Waals surface area contributed by atoms with Gasteiger partial charge in [-0.2, -0.15) is 0 Å². The van der Waals surface area contributed by atoms with Gasteiger partial charge in [-0.15, -0.1) is 0 Å². The molecule has 0 heterocycles. The maximum absolute atomic E-state index is 11.8. The van der Waals surface area contributed by atoms with Crippen LogP contribution in [-0.2, 0) is 0 Å². The van der Waals surface area contributed by atoms with E-state index in [9.17, 15) is 4.79 Å². The van der Waals surface area contributed by atoms with Crippen LogP contribution >= 0.6 is 15.9 Å². The molecule has 0 radical (unpaired) electrons. The molecule has 0 aliphatic heterocycles. The van der Waals surface area contributed by atoms with Crippen molar-refractivity contribution in [3.05, 3.63) is 70.7 Å². The van der Waals surface area contributed by atoms with Crippen molar-refractivity contribution in [2.24, 2.45) is 0 Å². The van der Waals surface area contributed by atoms with Crippen LogP contribution in [0.3, 0.4) is 0 Å². The third-order valence-corrected chi connectivity index (χ3v) is 2.62. The maximum Gasteiger partial charge on any atom is 0.343 e. The Hall–Kier alpha value is -1.87. The fourth-order valence-electron chi connectivity index (χ4n) is 1.46. The zero-order valence-electron chi connectivity index (χ0n) is 9.55. The van der Waals surface area contributed by atoms with E-state index in [-0.39, 0.29) is 5.97 Å². The van der Waals surface area contributed by atoms with E-state index < -0.39 is 0 Å². The highest BCUT2D eigenvalue weighted by atomic mass is 79.9. The Balaban J connectivity index is 2.08. The van der Waals surface area contributed by atoms with Crippen molar-refractivity contribution in [1.29, 1.82) is 0 Å². The summed E-state index contributed by atoms with van der Waals surface area (Å²) in [7, 11) is 0. The van der Waals surface area contributed by atoms with Crippen molar-refractivity contribution in [3.8, 4) is 5.75 Å². The van der Waals surface area contributed by atoms with E-state index >= 15 is 0 Å². The molecule has 2 aromatic rings. The molecule has 0 aliphatic carbocycles. The van der Waals surface area contributed by atoms with Gasteiger partial charge in [0.15, 0.2) is 0 Å². The lowest BCUT2D eigenvalue weighted by atomic mass is 10.2. The van der Waals surface area contributed by atoms with Gasteiger partial charge >= 0.3 is 5.97 Å². The molecule has 0 N–H and O–H groups in total. The summed E-state index contributed by atoms with van der Waals surface area (Å²) < 4.78 is 5.26. The molecule has 3 heteroatoms. The molecule has 0 aromatic heterocycles. The van der Waals surface area contributed by atoms with Gasteiger partial charge in [0.1, 0.15) is 5.75 Å². The Morgan fingerprint density at radius 1 is 1.00 bits per heavy atom. The Bertz CT molecular complexity index is 544. The average molecular weight is 303 g/mol. The summed E-state index contributed by atoms with van der Waals surface area (Å²) in [6, 6.07) is 16.2. The molecule has 0 spiro atoms. The fraction of sp³-hybridized carbons (Fsp3) is 0. The number of benzene rings is 2. The van der Waals surface area contributed by atoms with Crippen LogP contribution in [0.15, 0.2) is 59.6 Å². The first-order valence-electron chi connectivity index (χ1n) is 5.43. The SMILES string of the molecule is O=C(Oc1ccc(/C=C/Br)cc1)c1ccccc1. The molecule has 0 fully saturated rings. The molecule has 0 saturated carbocycles. The van der Waals surface area contributed by atoms with E-state index in [4.69, 9.17) is 4.74 Å². The van der Waals surface area contributed by atoms with Gasteiger partial charge in [0.25, 0.3) is 0 Å². The van der Waals surface area contributed by atoms with E-state index in [1.807, 2.05) is 24.3 Å². The smallest absolute Gasteiger partial charge is 0.343 e. The molecule has 0 amide bonds. The minimum absolute atomic E-state index is 0.348. The van der Waals surface area contributed by atoms with Gasteiger partial charge in [-0.1, -0.05) is 46.3 Å². The van der Waals surface area contributed by atoms with Crippen LogP contribution in [0.1, 0.15) is 15.9 Å². The minimum atomic E-state index is -0.348. The highest BCUT2D eigenvalue weighted by Crippen LogP contribution is 2.15. The molecular weight excluding hydrogens is 292 g/mol. The molecule has 2 aromatic carbocycles. The van der Waals surface area contributed by atoms with E-state index in [1.165, 1.54) is 0 Å². The number of hydrogen-bond acceptors (Lipinski definition) is 2. The maximum atomic E-state index is 11.8. The Morgan fingerprint density at radius 3 is 2.28 bits per heavy atom. The van der Waals surface area contributed by atoms with Crippen molar-refractivity contribution >= 4 is 28.0 Å². The van der Waals surface area contributed by atoms with Crippen LogP contribution in [0.4, 0.5) is 0 Å². The Labute approximate surface area is 114 Å². The summed E-state index contributed by atoms with van der Waals surface area (Å²) >= 11 is 3.21. The van der Waals surface area contributed by atoms with Crippen molar-refractivity contribution in [2.75, 3.05) is 0 Å². The predicted molar refractivity (Wildman–Crippen MR) is 75.8 cm³/mol. The predicted octanol–water partition coefficient (Wildman–Crippen LogP) is 4.27. The van der Waals surface area contributed by atoms with Crippen LogP contribution in [0.25, 0.3) is 6.08 Å². The van der Waals surface area contributed by atoms with Crippen LogP contribution in [-0.4, -0.2) is 5.97 Å². The number of rotatable bonds is 3. The number of hydrogen-bond donors (Lipinski definition) is 0. The Morgan fingerprint density at radius 2 is 1.67 bits per heavy atom. The molecular formula is C15H11BrO2. The van der Waals surface area contributed by atoms with Crippen LogP contribution in [0, 0.1) is 0 Å². The third kappa shape index (κ3) is 3.31. The summed E-state index contributed by atoms with van der Waals surface area (Å²) in [4.78, 5) is 13.6. The van der Waals surface area contributed by atoms with Gasteiger partial charge in [-0.25, -0.2) is 4.79 Å². The second-order valence-electron chi connectivity index (χ2n) is 3.62. The number of carbonyl (C=O) groups is 1. The van der Waals surface area contributed by atoms with Gasteiger partial charge in [0.2, 0.25) is 0 Å². The molecule has 0 bridgehead atoms. The number of carbonyl (C=O) groups excluding carboxylic acids is 1. The molecule has 2 rings (SSSR count). The molecule has 0 aliphatic rings. The highest BCUT2D eigenvalue weighted by Gasteiger charge is 2.06. The van der Waals surface area contributed by atoms with Crippen molar-refractivity contribution in [2.45, 2.75) is 0 Å². The fourth-order valence-corrected chi connectivity index (χ4v) is 1.77. The summed E-state index contributed by atoms with van der Waals surface area (Å²) in [5.74, 6) is 0.190. The number of halogens is 1. The molecule has 2 nitrogen and oxygen atoms in total. The van der Waals surface area contributed by atoms with E-state index in [2.05, 4.69) is 15.9 Å². The average Bonchev–Trinajstić information content (AvgIpc) is 2.42. The molecule has 0 saturated heterocycles. The van der Waals surface area contributed by atoms with Gasteiger partial charge in [0.05, 0.1) is 5.56 Å². The first kappa shape index (κ1) is 12.6. The Kier molecular flexibility index (Phi) is 4.31. The van der Waals surface area contributed by atoms with Crippen molar-refractivity contribution in [1.82, 2.24) is 0 Å². The third-order valence-electron chi connectivity index (χ3n) is 2.36. The van der Waals surface area contributed by atoms with E-state index in [0.717, 1.165) is 5.56 Å². The lowest BCUT2D eigenvalue weighted by Crippen LogP contribution is -2.07. The van der Waals surface area contributed by atoms with Gasteiger partial charge in [-0.3, -0.25) is 0 Å². The molecule has 0 unspecified atom stereocenters. The van der Waals surface area contributed by atoms with Gasteiger partial charge in [-0.05, 0) is 40.9 Å². The van der Waals surface area contributed by atoms with Gasteiger partial charge in [0, 0.05) is 0 Å². The first-order chi connectivity index (χ1) is 8.79. The van der Waals surface area contributed by atoms with E-state index in [1.54, 1.807) is 41.4 Å². The largest absolute Gasteiger partial charge is 0.423 e. The molecule has 0 atom stereocenters. The second-order valence-corrected chi connectivity index (χ2v) is 4.15. The van der Waals surface area contributed by atoms with E-state index in [0.29, 0.717) is 11.3 Å².